The third-order valence-electron chi connectivity index (χ3n) is 5.49. The van der Waals surface area contributed by atoms with E-state index >= 15 is 0 Å². The van der Waals surface area contributed by atoms with Gasteiger partial charge in [0.1, 0.15) is 6.33 Å². The van der Waals surface area contributed by atoms with E-state index < -0.39 is 0 Å². The second-order valence-electron chi connectivity index (χ2n) is 7.83. The molecule has 0 aliphatic rings. The van der Waals surface area contributed by atoms with Crippen LogP contribution >= 0.6 is 0 Å². The maximum Gasteiger partial charge on any atom is 0.247 e. The Morgan fingerprint density at radius 2 is 1.50 bits per heavy atom. The van der Waals surface area contributed by atoms with Crippen LogP contribution in [0.15, 0.2) is 116 Å². The van der Waals surface area contributed by atoms with Crippen molar-refractivity contribution >= 4 is 33.9 Å². The number of anilines is 3. The van der Waals surface area contributed by atoms with Crippen molar-refractivity contribution in [2.45, 2.75) is 0 Å². The van der Waals surface area contributed by atoms with Crippen molar-refractivity contribution in [1.29, 1.82) is 0 Å². The number of hydrogen-bond acceptors (Lipinski definition) is 4. The van der Waals surface area contributed by atoms with Crippen molar-refractivity contribution in [2.75, 3.05) is 10.6 Å². The van der Waals surface area contributed by atoms with Crippen LogP contribution in [0.1, 0.15) is 0 Å². The average molecular weight is 443 g/mol. The lowest BCUT2D eigenvalue weighted by molar-refractivity contribution is -0.111. The summed E-state index contributed by atoms with van der Waals surface area (Å²) >= 11 is 0. The largest absolute Gasteiger partial charge is 0.356 e. The zero-order chi connectivity index (χ0) is 23.3. The Hall–Kier alpha value is -4.77. The minimum absolute atomic E-state index is 0.249. The van der Waals surface area contributed by atoms with Crippen LogP contribution in [-0.2, 0) is 4.79 Å². The number of hydrogen-bond donors (Lipinski definition) is 2. The molecule has 0 aliphatic heterocycles. The number of carbonyl (C=O) groups excluding carboxylic acids is 1. The molecule has 0 bridgehead atoms. The van der Waals surface area contributed by atoms with Crippen LogP contribution in [0.2, 0.25) is 0 Å². The monoisotopic (exact) mass is 442 g/mol. The van der Waals surface area contributed by atoms with Crippen LogP contribution in [-0.4, -0.2) is 15.9 Å². The van der Waals surface area contributed by atoms with Crippen molar-refractivity contribution in [2.24, 2.45) is 0 Å². The summed E-state index contributed by atoms with van der Waals surface area (Å²) in [4.78, 5) is 20.6. The number of fused-ring (bicyclic) bond motifs is 1. The predicted octanol–water partition coefficient (Wildman–Crippen LogP) is 6.83. The molecule has 5 heteroatoms. The molecule has 0 radical (unpaired) electrons. The lowest BCUT2D eigenvalue weighted by Crippen LogP contribution is -2.07. The first-order valence-corrected chi connectivity index (χ1v) is 10.9. The summed E-state index contributed by atoms with van der Waals surface area (Å²) in [6.45, 7) is 3.52. The van der Waals surface area contributed by atoms with Gasteiger partial charge >= 0.3 is 0 Å². The molecular weight excluding hydrogens is 420 g/mol. The molecule has 34 heavy (non-hydrogen) atoms. The number of nitrogens with zero attached hydrogens (tertiary/aromatic N) is 2. The molecule has 2 N–H and O–H groups in total. The third kappa shape index (κ3) is 4.54. The quantitative estimate of drug-likeness (QED) is 0.283. The highest BCUT2D eigenvalue weighted by molar-refractivity contribution is 6.01. The number of carbonyl (C=O) groups is 1. The predicted molar refractivity (Wildman–Crippen MR) is 139 cm³/mol. The molecule has 0 saturated carbocycles. The van der Waals surface area contributed by atoms with Gasteiger partial charge in [0.05, 0.1) is 5.52 Å². The molecule has 5 nitrogen and oxygen atoms in total. The highest BCUT2D eigenvalue weighted by atomic mass is 16.1. The van der Waals surface area contributed by atoms with Gasteiger partial charge in [0.15, 0.2) is 0 Å². The van der Waals surface area contributed by atoms with Crippen LogP contribution in [0.5, 0.6) is 0 Å². The number of rotatable bonds is 6. The molecule has 0 atom stereocenters. The number of benzene rings is 4. The molecular formula is C29H22N4O. The molecule has 5 aromatic rings. The Kier molecular flexibility index (Phi) is 5.82. The molecule has 4 aromatic carbocycles. The Morgan fingerprint density at radius 1 is 0.765 bits per heavy atom. The van der Waals surface area contributed by atoms with Gasteiger partial charge in [-0.3, -0.25) is 4.79 Å². The van der Waals surface area contributed by atoms with E-state index in [0.29, 0.717) is 5.69 Å². The van der Waals surface area contributed by atoms with E-state index in [-0.39, 0.29) is 5.91 Å². The first kappa shape index (κ1) is 21.1. The Morgan fingerprint density at radius 3 is 2.32 bits per heavy atom. The maximum atomic E-state index is 11.8. The van der Waals surface area contributed by atoms with Crippen molar-refractivity contribution in [1.82, 2.24) is 9.97 Å². The van der Waals surface area contributed by atoms with E-state index in [1.807, 2.05) is 72.9 Å². The molecule has 1 amide bonds. The van der Waals surface area contributed by atoms with Gasteiger partial charge in [-0.25, -0.2) is 9.97 Å². The van der Waals surface area contributed by atoms with Crippen molar-refractivity contribution in [3.8, 4) is 22.3 Å². The molecule has 0 fully saturated rings. The SMILES string of the molecule is C=CC(=O)Nc1cccc(-c2cc(-c3cccc(Nc4ccccc4)c3)cc3cncnc23)c1. The van der Waals surface area contributed by atoms with Gasteiger partial charge in [0.2, 0.25) is 5.91 Å². The zero-order valence-corrected chi connectivity index (χ0v) is 18.4. The van der Waals surface area contributed by atoms with Gasteiger partial charge in [0.25, 0.3) is 0 Å². The average Bonchev–Trinajstić information content (AvgIpc) is 2.89. The van der Waals surface area contributed by atoms with E-state index in [9.17, 15) is 4.79 Å². The molecule has 1 heterocycles. The summed E-state index contributed by atoms with van der Waals surface area (Å²) in [5.41, 5.74) is 7.62. The summed E-state index contributed by atoms with van der Waals surface area (Å²) in [7, 11) is 0. The zero-order valence-electron chi connectivity index (χ0n) is 18.4. The van der Waals surface area contributed by atoms with Gasteiger partial charge in [-0.1, -0.05) is 49.0 Å². The summed E-state index contributed by atoms with van der Waals surface area (Å²) in [5, 5.41) is 7.23. The lowest BCUT2D eigenvalue weighted by atomic mass is 9.95. The first-order chi connectivity index (χ1) is 16.7. The van der Waals surface area contributed by atoms with Crippen LogP contribution < -0.4 is 10.6 Å². The van der Waals surface area contributed by atoms with Gasteiger partial charge in [-0.15, -0.1) is 0 Å². The smallest absolute Gasteiger partial charge is 0.247 e. The minimum Gasteiger partial charge on any atom is -0.356 e. The van der Waals surface area contributed by atoms with Crippen molar-refractivity contribution in [3.63, 3.8) is 0 Å². The second-order valence-corrected chi connectivity index (χ2v) is 7.83. The number of aromatic nitrogens is 2. The molecule has 0 spiro atoms. The standard InChI is InChI=1S/C29H22N4O/c1-2-28(34)33-26-13-7-9-21(16-26)27-17-22(14-23-18-30-19-31-29(23)27)20-8-6-12-25(15-20)32-24-10-4-3-5-11-24/h2-19,32H,1H2,(H,33,34). The summed E-state index contributed by atoms with van der Waals surface area (Å²) < 4.78 is 0. The molecule has 164 valence electrons. The molecule has 0 aliphatic carbocycles. The van der Waals surface area contributed by atoms with Crippen molar-refractivity contribution < 1.29 is 4.79 Å². The van der Waals surface area contributed by atoms with Crippen LogP contribution in [0.25, 0.3) is 33.2 Å². The van der Waals surface area contributed by atoms with E-state index in [0.717, 1.165) is 44.5 Å². The summed E-state index contributed by atoms with van der Waals surface area (Å²) in [6, 6.07) is 30.3. The van der Waals surface area contributed by atoms with Gasteiger partial charge in [0, 0.05) is 34.2 Å². The number of nitrogens with one attached hydrogen (secondary N) is 2. The molecule has 5 rings (SSSR count). The normalized spacial score (nSPS) is 10.6. The van der Waals surface area contributed by atoms with Gasteiger partial charge < -0.3 is 10.6 Å². The molecule has 0 unspecified atom stereocenters. The van der Waals surface area contributed by atoms with Gasteiger partial charge in [-0.05, 0) is 71.3 Å². The Bertz CT molecular complexity index is 1500. The first-order valence-electron chi connectivity index (χ1n) is 10.9. The van der Waals surface area contributed by atoms with E-state index in [1.54, 1.807) is 6.33 Å². The fraction of sp³-hybridized carbons (Fsp3) is 0. The number of amides is 1. The molecule has 0 saturated heterocycles. The van der Waals surface area contributed by atoms with E-state index in [2.05, 4.69) is 51.4 Å². The lowest BCUT2D eigenvalue weighted by Gasteiger charge is -2.13. The minimum atomic E-state index is -0.249. The Balaban J connectivity index is 1.58. The van der Waals surface area contributed by atoms with E-state index in [4.69, 9.17) is 0 Å². The highest BCUT2D eigenvalue weighted by Gasteiger charge is 2.11. The third-order valence-corrected chi connectivity index (χ3v) is 5.49. The maximum absolute atomic E-state index is 11.8. The fourth-order valence-corrected chi connectivity index (χ4v) is 3.91. The van der Waals surface area contributed by atoms with Crippen LogP contribution in [0, 0.1) is 0 Å². The second kappa shape index (κ2) is 9.38. The topological polar surface area (TPSA) is 66.9 Å². The van der Waals surface area contributed by atoms with Crippen LogP contribution in [0.3, 0.4) is 0 Å². The Labute approximate surface area is 197 Å². The van der Waals surface area contributed by atoms with Crippen LogP contribution in [0.4, 0.5) is 17.1 Å². The van der Waals surface area contributed by atoms with Crippen molar-refractivity contribution in [3.05, 3.63) is 116 Å². The fourth-order valence-electron chi connectivity index (χ4n) is 3.91. The van der Waals surface area contributed by atoms with Gasteiger partial charge in [-0.2, -0.15) is 0 Å². The summed E-state index contributed by atoms with van der Waals surface area (Å²) in [6.07, 6.45) is 4.64. The highest BCUT2D eigenvalue weighted by Crippen LogP contribution is 2.34. The van der Waals surface area contributed by atoms with E-state index in [1.165, 1.54) is 6.08 Å². The molecule has 1 aromatic heterocycles. The number of para-hydroxylation sites is 1. The summed E-state index contributed by atoms with van der Waals surface area (Å²) in [5.74, 6) is -0.249.